The first-order chi connectivity index (χ1) is 9.79. The van der Waals surface area contributed by atoms with Gasteiger partial charge >= 0.3 is 6.03 Å². The third-order valence-corrected chi connectivity index (χ3v) is 3.61. The second-order valence-corrected chi connectivity index (χ2v) is 5.04. The molecule has 1 aromatic carbocycles. The Kier molecular flexibility index (Phi) is 5.47. The zero-order valence-electron chi connectivity index (χ0n) is 11.9. The number of benzene rings is 1. The molecule has 0 radical (unpaired) electrons. The summed E-state index contributed by atoms with van der Waals surface area (Å²) in [6, 6.07) is 7.47. The second kappa shape index (κ2) is 7.58. The lowest BCUT2D eigenvalue weighted by atomic mass is 10.1. The molecule has 1 aliphatic carbocycles. The lowest BCUT2D eigenvalue weighted by Gasteiger charge is -2.09. The van der Waals surface area contributed by atoms with Gasteiger partial charge in [-0.1, -0.05) is 37.1 Å². The molecule has 1 aromatic rings. The molecule has 0 aliphatic heterocycles. The summed E-state index contributed by atoms with van der Waals surface area (Å²) >= 11 is 0. The van der Waals surface area contributed by atoms with Crippen LogP contribution in [0.4, 0.5) is 4.79 Å². The van der Waals surface area contributed by atoms with Crippen molar-refractivity contribution in [1.82, 2.24) is 10.6 Å². The molecule has 0 atom stereocenters. The van der Waals surface area contributed by atoms with Gasteiger partial charge in [0.15, 0.2) is 0 Å². The van der Waals surface area contributed by atoms with E-state index in [4.69, 9.17) is 4.74 Å². The molecule has 0 bridgehead atoms. The van der Waals surface area contributed by atoms with E-state index in [1.165, 1.54) is 25.7 Å². The number of hydrogen-bond acceptors (Lipinski definition) is 2. The Morgan fingerprint density at radius 1 is 1.35 bits per heavy atom. The fraction of sp³-hybridized carbons (Fsp3) is 0.438. The summed E-state index contributed by atoms with van der Waals surface area (Å²) < 4.78 is 5.24. The molecule has 0 spiro atoms. The molecule has 0 heterocycles. The first-order valence-electron chi connectivity index (χ1n) is 7.12. The Labute approximate surface area is 120 Å². The van der Waals surface area contributed by atoms with Crippen LogP contribution in [0.3, 0.4) is 0 Å². The van der Waals surface area contributed by atoms with E-state index < -0.39 is 0 Å². The minimum atomic E-state index is -0.190. The highest BCUT2D eigenvalue weighted by Crippen LogP contribution is 2.25. The average molecular weight is 274 g/mol. The van der Waals surface area contributed by atoms with Crippen LogP contribution in [-0.2, 0) is 6.54 Å². The zero-order valence-corrected chi connectivity index (χ0v) is 11.9. The number of para-hydroxylation sites is 1. The molecule has 1 aliphatic rings. The zero-order chi connectivity index (χ0) is 14.2. The van der Waals surface area contributed by atoms with Crippen molar-refractivity contribution in [2.45, 2.75) is 32.2 Å². The van der Waals surface area contributed by atoms with Crippen LogP contribution in [0, 0.1) is 5.92 Å². The van der Waals surface area contributed by atoms with Crippen LogP contribution in [0.15, 0.2) is 36.5 Å². The number of ether oxygens (including phenoxy) is 1. The molecule has 2 N–H and O–H groups in total. The number of amides is 2. The third-order valence-electron chi connectivity index (χ3n) is 3.61. The SMILES string of the molecule is COc1ccccc1CNC(=O)N/C=C/C1CCCC1. The van der Waals surface area contributed by atoms with E-state index in [1.54, 1.807) is 13.3 Å². The molecule has 2 rings (SSSR count). The van der Waals surface area contributed by atoms with Crippen LogP contribution in [0.5, 0.6) is 5.75 Å². The van der Waals surface area contributed by atoms with Crippen LogP contribution in [0.25, 0.3) is 0 Å². The number of carbonyl (C=O) groups is 1. The van der Waals surface area contributed by atoms with E-state index in [2.05, 4.69) is 16.7 Å². The van der Waals surface area contributed by atoms with Crippen molar-refractivity contribution >= 4 is 6.03 Å². The first kappa shape index (κ1) is 14.4. The standard InChI is InChI=1S/C16H22N2O2/c1-20-15-9-5-4-8-14(15)12-18-16(19)17-11-10-13-6-2-3-7-13/h4-5,8-11,13H,2-3,6-7,12H2,1H3,(H2,17,18,19)/b11-10+. The molecule has 4 nitrogen and oxygen atoms in total. The Morgan fingerprint density at radius 3 is 2.85 bits per heavy atom. The maximum Gasteiger partial charge on any atom is 0.319 e. The molecule has 1 fully saturated rings. The molecule has 4 heteroatoms. The number of rotatable bonds is 5. The Morgan fingerprint density at radius 2 is 2.10 bits per heavy atom. The molecular formula is C16H22N2O2. The van der Waals surface area contributed by atoms with Gasteiger partial charge in [-0.15, -0.1) is 0 Å². The highest BCUT2D eigenvalue weighted by molar-refractivity contribution is 5.74. The molecule has 108 valence electrons. The Hall–Kier alpha value is -1.97. The van der Waals surface area contributed by atoms with Crippen LogP contribution in [0.1, 0.15) is 31.2 Å². The van der Waals surface area contributed by atoms with Gasteiger partial charge in [-0.05, 0) is 24.8 Å². The minimum absolute atomic E-state index is 0.190. The minimum Gasteiger partial charge on any atom is -0.496 e. The van der Waals surface area contributed by atoms with Crippen molar-refractivity contribution in [3.63, 3.8) is 0 Å². The number of carbonyl (C=O) groups excluding carboxylic acids is 1. The number of allylic oxidation sites excluding steroid dienone is 1. The van der Waals surface area contributed by atoms with E-state index in [0.29, 0.717) is 12.5 Å². The van der Waals surface area contributed by atoms with Crippen molar-refractivity contribution in [3.8, 4) is 5.75 Å². The van der Waals surface area contributed by atoms with Gasteiger partial charge in [0.2, 0.25) is 0 Å². The fourth-order valence-electron chi connectivity index (χ4n) is 2.49. The first-order valence-corrected chi connectivity index (χ1v) is 7.12. The van der Waals surface area contributed by atoms with Crippen LogP contribution in [-0.4, -0.2) is 13.1 Å². The summed E-state index contributed by atoms with van der Waals surface area (Å²) in [6.07, 6.45) is 8.93. The maximum atomic E-state index is 11.7. The number of hydrogen-bond donors (Lipinski definition) is 2. The molecule has 0 unspecified atom stereocenters. The van der Waals surface area contributed by atoms with Gasteiger partial charge in [0, 0.05) is 18.3 Å². The van der Waals surface area contributed by atoms with Gasteiger partial charge in [-0.3, -0.25) is 0 Å². The van der Waals surface area contributed by atoms with Crippen LogP contribution < -0.4 is 15.4 Å². The van der Waals surface area contributed by atoms with E-state index in [9.17, 15) is 4.79 Å². The highest BCUT2D eigenvalue weighted by Gasteiger charge is 2.11. The summed E-state index contributed by atoms with van der Waals surface area (Å²) in [6.45, 7) is 0.452. The average Bonchev–Trinajstić information content (AvgIpc) is 2.98. The quantitative estimate of drug-likeness (QED) is 0.866. The molecule has 1 saturated carbocycles. The van der Waals surface area contributed by atoms with Gasteiger partial charge in [0.25, 0.3) is 0 Å². The smallest absolute Gasteiger partial charge is 0.319 e. The molecular weight excluding hydrogens is 252 g/mol. The van der Waals surface area contributed by atoms with Gasteiger partial charge in [-0.25, -0.2) is 4.79 Å². The van der Waals surface area contributed by atoms with Crippen molar-refractivity contribution < 1.29 is 9.53 Å². The van der Waals surface area contributed by atoms with Crippen molar-refractivity contribution in [2.24, 2.45) is 5.92 Å². The van der Waals surface area contributed by atoms with Gasteiger partial charge < -0.3 is 15.4 Å². The summed E-state index contributed by atoms with van der Waals surface area (Å²) in [5, 5.41) is 5.56. The molecule has 0 saturated heterocycles. The monoisotopic (exact) mass is 274 g/mol. The maximum absolute atomic E-state index is 11.7. The van der Waals surface area contributed by atoms with Crippen molar-refractivity contribution in [3.05, 3.63) is 42.1 Å². The van der Waals surface area contributed by atoms with E-state index in [1.807, 2.05) is 24.3 Å². The predicted octanol–water partition coefficient (Wildman–Crippen LogP) is 3.20. The third kappa shape index (κ3) is 4.30. The second-order valence-electron chi connectivity index (χ2n) is 5.04. The molecule has 20 heavy (non-hydrogen) atoms. The lowest BCUT2D eigenvalue weighted by Crippen LogP contribution is -2.31. The highest BCUT2D eigenvalue weighted by atomic mass is 16.5. The molecule has 2 amide bonds. The summed E-state index contributed by atoms with van der Waals surface area (Å²) in [7, 11) is 1.63. The van der Waals surface area contributed by atoms with Crippen molar-refractivity contribution in [2.75, 3.05) is 7.11 Å². The number of nitrogens with one attached hydrogen (secondary N) is 2. The summed E-state index contributed by atoms with van der Waals surface area (Å²) in [4.78, 5) is 11.7. The van der Waals surface area contributed by atoms with Crippen LogP contribution >= 0.6 is 0 Å². The van der Waals surface area contributed by atoms with E-state index in [-0.39, 0.29) is 6.03 Å². The fourth-order valence-corrected chi connectivity index (χ4v) is 2.49. The summed E-state index contributed by atoms with van der Waals surface area (Å²) in [5.74, 6) is 1.42. The van der Waals surface area contributed by atoms with E-state index in [0.717, 1.165) is 11.3 Å². The van der Waals surface area contributed by atoms with E-state index >= 15 is 0 Å². The lowest BCUT2D eigenvalue weighted by molar-refractivity contribution is 0.243. The Balaban J connectivity index is 1.74. The summed E-state index contributed by atoms with van der Waals surface area (Å²) in [5.41, 5.74) is 0.963. The predicted molar refractivity (Wildman–Crippen MR) is 79.5 cm³/mol. The number of methoxy groups -OCH3 is 1. The van der Waals surface area contributed by atoms with Gasteiger partial charge in [0.05, 0.1) is 7.11 Å². The van der Waals surface area contributed by atoms with Gasteiger partial charge in [-0.2, -0.15) is 0 Å². The number of urea groups is 1. The van der Waals surface area contributed by atoms with Crippen LogP contribution in [0.2, 0.25) is 0 Å². The Bertz CT molecular complexity index is 465. The van der Waals surface area contributed by atoms with Gasteiger partial charge in [0.1, 0.15) is 5.75 Å². The largest absolute Gasteiger partial charge is 0.496 e. The molecule has 0 aromatic heterocycles. The van der Waals surface area contributed by atoms with Crippen molar-refractivity contribution in [1.29, 1.82) is 0 Å². The normalized spacial score (nSPS) is 15.4. The topological polar surface area (TPSA) is 50.4 Å².